The zero-order chi connectivity index (χ0) is 15.4. The molecule has 2 rings (SSSR count). The van der Waals surface area contributed by atoms with Gasteiger partial charge in [0.05, 0.1) is 7.11 Å². The Kier molecular flexibility index (Phi) is 5.77. The van der Waals surface area contributed by atoms with Crippen LogP contribution in [0.3, 0.4) is 0 Å². The molecule has 0 saturated carbocycles. The van der Waals surface area contributed by atoms with Crippen molar-refractivity contribution in [1.29, 1.82) is 0 Å². The number of nitrogens with one attached hydrogen (secondary N) is 1. The van der Waals surface area contributed by atoms with Crippen LogP contribution in [0, 0.1) is 0 Å². The third kappa shape index (κ3) is 3.83. The second-order valence-electron chi connectivity index (χ2n) is 4.63. The van der Waals surface area contributed by atoms with Crippen molar-refractivity contribution in [3.8, 4) is 5.75 Å². The van der Waals surface area contributed by atoms with Crippen LogP contribution in [0.2, 0.25) is 15.1 Å². The third-order valence-electron chi connectivity index (χ3n) is 3.39. The molecule has 0 radical (unpaired) electrons. The van der Waals surface area contributed by atoms with Gasteiger partial charge in [-0.2, -0.15) is 0 Å². The van der Waals surface area contributed by atoms with Gasteiger partial charge in [-0.1, -0.05) is 40.9 Å². The Morgan fingerprint density at radius 3 is 2.33 bits per heavy atom. The van der Waals surface area contributed by atoms with Gasteiger partial charge in [-0.25, -0.2) is 0 Å². The van der Waals surface area contributed by atoms with Gasteiger partial charge in [-0.15, -0.1) is 0 Å². The van der Waals surface area contributed by atoms with E-state index in [2.05, 4.69) is 5.32 Å². The lowest BCUT2D eigenvalue weighted by Gasteiger charge is -2.21. The topological polar surface area (TPSA) is 21.3 Å². The summed E-state index contributed by atoms with van der Waals surface area (Å²) in [6.07, 6.45) is 0.645. The van der Waals surface area contributed by atoms with Crippen molar-refractivity contribution in [1.82, 2.24) is 5.32 Å². The molecule has 0 bridgehead atoms. The van der Waals surface area contributed by atoms with E-state index >= 15 is 0 Å². The highest BCUT2D eigenvalue weighted by Crippen LogP contribution is 2.33. The number of benzene rings is 2. The molecule has 0 saturated heterocycles. The van der Waals surface area contributed by atoms with E-state index in [4.69, 9.17) is 39.5 Å². The van der Waals surface area contributed by atoms with Gasteiger partial charge in [0, 0.05) is 26.7 Å². The van der Waals surface area contributed by atoms with Gasteiger partial charge in [-0.3, -0.25) is 0 Å². The summed E-state index contributed by atoms with van der Waals surface area (Å²) in [6.45, 7) is 0. The van der Waals surface area contributed by atoms with Crippen LogP contribution < -0.4 is 10.1 Å². The van der Waals surface area contributed by atoms with Gasteiger partial charge in [0.15, 0.2) is 0 Å². The molecule has 0 aromatic heterocycles. The fourth-order valence-electron chi connectivity index (χ4n) is 2.28. The zero-order valence-corrected chi connectivity index (χ0v) is 14.1. The molecule has 1 atom stereocenters. The summed E-state index contributed by atoms with van der Waals surface area (Å²) in [5.74, 6) is 0.780. The maximum absolute atomic E-state index is 6.25. The van der Waals surface area contributed by atoms with E-state index in [9.17, 15) is 0 Å². The van der Waals surface area contributed by atoms with Crippen molar-refractivity contribution in [2.75, 3.05) is 14.2 Å². The van der Waals surface area contributed by atoms with Crippen molar-refractivity contribution >= 4 is 34.8 Å². The molecule has 0 heterocycles. The molecule has 112 valence electrons. The monoisotopic (exact) mass is 343 g/mol. The predicted octanol–water partition coefficient (Wildman–Crippen LogP) is 5.16. The highest BCUT2D eigenvalue weighted by atomic mass is 35.5. The van der Waals surface area contributed by atoms with E-state index < -0.39 is 0 Å². The Morgan fingerprint density at radius 1 is 1.10 bits per heavy atom. The van der Waals surface area contributed by atoms with Gasteiger partial charge >= 0.3 is 0 Å². The first-order valence-electron chi connectivity index (χ1n) is 6.50. The fraction of sp³-hybridized carbons (Fsp3) is 0.250. The maximum atomic E-state index is 6.25. The molecule has 21 heavy (non-hydrogen) atoms. The third-order valence-corrected chi connectivity index (χ3v) is 4.33. The van der Waals surface area contributed by atoms with E-state index in [1.807, 2.05) is 37.4 Å². The molecular formula is C16H16Cl3NO. The largest absolute Gasteiger partial charge is 0.496 e. The summed E-state index contributed by atoms with van der Waals surface area (Å²) < 4.78 is 5.42. The average Bonchev–Trinajstić information content (AvgIpc) is 2.47. The van der Waals surface area contributed by atoms with Crippen LogP contribution in [-0.2, 0) is 6.42 Å². The van der Waals surface area contributed by atoms with Crippen LogP contribution in [0.5, 0.6) is 5.75 Å². The normalized spacial score (nSPS) is 12.2. The first-order chi connectivity index (χ1) is 10.1. The number of methoxy groups -OCH3 is 1. The lowest BCUT2D eigenvalue weighted by atomic mass is 9.98. The molecule has 5 heteroatoms. The van der Waals surface area contributed by atoms with Gasteiger partial charge < -0.3 is 10.1 Å². The van der Waals surface area contributed by atoms with E-state index in [1.54, 1.807) is 13.2 Å². The number of halogens is 3. The lowest BCUT2D eigenvalue weighted by Crippen LogP contribution is -2.20. The number of hydrogen-bond acceptors (Lipinski definition) is 2. The average molecular weight is 345 g/mol. The first-order valence-corrected chi connectivity index (χ1v) is 7.63. The summed E-state index contributed by atoms with van der Waals surface area (Å²) in [7, 11) is 3.53. The van der Waals surface area contributed by atoms with E-state index in [-0.39, 0.29) is 6.04 Å². The fourth-order valence-corrected chi connectivity index (χ4v) is 3.01. The molecule has 0 spiro atoms. The van der Waals surface area contributed by atoms with Crippen molar-refractivity contribution in [2.45, 2.75) is 12.5 Å². The summed E-state index contributed by atoms with van der Waals surface area (Å²) >= 11 is 18.6. The Bertz CT molecular complexity index is 611. The Morgan fingerprint density at radius 2 is 1.76 bits per heavy atom. The van der Waals surface area contributed by atoms with Crippen molar-refractivity contribution in [3.63, 3.8) is 0 Å². The lowest BCUT2D eigenvalue weighted by molar-refractivity contribution is 0.401. The van der Waals surface area contributed by atoms with Crippen LogP contribution in [0.15, 0.2) is 36.4 Å². The summed E-state index contributed by atoms with van der Waals surface area (Å²) in [6, 6.07) is 11.1. The molecule has 0 aliphatic carbocycles. The Labute approximate surface area is 140 Å². The van der Waals surface area contributed by atoms with Gasteiger partial charge in [0.2, 0.25) is 0 Å². The second-order valence-corrected chi connectivity index (χ2v) is 5.88. The van der Waals surface area contributed by atoms with Crippen LogP contribution in [0.1, 0.15) is 17.2 Å². The number of hydrogen-bond donors (Lipinski definition) is 1. The number of ether oxygens (including phenoxy) is 1. The number of likely N-dealkylation sites (N-methyl/N-ethyl adjacent to an activating group) is 1. The molecule has 0 aliphatic heterocycles. The van der Waals surface area contributed by atoms with Crippen LogP contribution in [0.25, 0.3) is 0 Å². The van der Waals surface area contributed by atoms with E-state index in [1.165, 1.54) is 0 Å². The molecule has 0 fully saturated rings. The molecule has 0 aliphatic rings. The highest BCUT2D eigenvalue weighted by molar-refractivity contribution is 6.36. The van der Waals surface area contributed by atoms with Crippen molar-refractivity contribution < 1.29 is 4.74 Å². The highest BCUT2D eigenvalue weighted by Gasteiger charge is 2.18. The van der Waals surface area contributed by atoms with Gasteiger partial charge in [0.25, 0.3) is 0 Å². The van der Waals surface area contributed by atoms with Crippen LogP contribution >= 0.6 is 34.8 Å². The molecule has 1 N–H and O–H groups in total. The second kappa shape index (κ2) is 7.37. The summed E-state index contributed by atoms with van der Waals surface area (Å²) in [4.78, 5) is 0. The molecule has 2 aromatic carbocycles. The minimum Gasteiger partial charge on any atom is -0.496 e. The van der Waals surface area contributed by atoms with Gasteiger partial charge in [-0.05, 0) is 49.4 Å². The molecular weight excluding hydrogens is 329 g/mol. The minimum atomic E-state index is -0.00366. The summed E-state index contributed by atoms with van der Waals surface area (Å²) in [5.41, 5.74) is 1.88. The van der Waals surface area contributed by atoms with E-state index in [0.717, 1.165) is 16.9 Å². The maximum Gasteiger partial charge on any atom is 0.123 e. The standard InChI is InChI=1S/C16H16Cl3NO/c1-20-15(9-11-13(18)4-3-5-14(11)19)12-8-10(17)6-7-16(12)21-2/h3-8,15,20H,9H2,1-2H3. The van der Waals surface area contributed by atoms with E-state index in [0.29, 0.717) is 21.5 Å². The Balaban J connectivity index is 2.39. The van der Waals surface area contributed by atoms with Gasteiger partial charge in [0.1, 0.15) is 5.75 Å². The van der Waals surface area contributed by atoms with Crippen molar-refractivity contribution in [2.24, 2.45) is 0 Å². The Hall–Kier alpha value is -0.930. The first kappa shape index (κ1) is 16.4. The van der Waals surface area contributed by atoms with Crippen LogP contribution in [-0.4, -0.2) is 14.2 Å². The molecule has 0 amide bonds. The number of rotatable bonds is 5. The van der Waals surface area contributed by atoms with Crippen molar-refractivity contribution in [3.05, 3.63) is 62.6 Å². The molecule has 2 nitrogen and oxygen atoms in total. The zero-order valence-electron chi connectivity index (χ0n) is 11.8. The molecule has 2 aromatic rings. The predicted molar refractivity (Wildman–Crippen MR) is 90.0 cm³/mol. The SMILES string of the molecule is CNC(Cc1c(Cl)cccc1Cl)c1cc(Cl)ccc1OC. The van der Waals surface area contributed by atoms with Crippen LogP contribution in [0.4, 0.5) is 0 Å². The minimum absolute atomic E-state index is 0.00366. The summed E-state index contributed by atoms with van der Waals surface area (Å²) in [5, 5.41) is 5.24. The quantitative estimate of drug-likeness (QED) is 0.809. The smallest absolute Gasteiger partial charge is 0.123 e. The molecule has 1 unspecified atom stereocenters.